The number of carbonyl (C=O) groups is 1. The number of nitrogens with one attached hydrogen (secondary N) is 1. The van der Waals surface area contributed by atoms with Crippen LogP contribution in [0.4, 0.5) is 0 Å². The Balaban J connectivity index is 1.39. The van der Waals surface area contributed by atoms with Crippen LogP contribution in [0, 0.1) is 6.92 Å². The van der Waals surface area contributed by atoms with Gasteiger partial charge in [0.1, 0.15) is 22.9 Å². The number of likely N-dealkylation sites (tertiary alicyclic amines) is 1. The average molecular weight is 367 g/mol. The standard InChI is InChI=1S/C19H21N5O3/c1-12-9-15(11-18(25)23(12)2)27-14-5-7-24(8-6-14)19(26)13-3-4-16-17(10-13)21-22-20-16/h3-4,9-11,14H,5-8H2,1-2H3,(H,20,21,22). The van der Waals surface area contributed by atoms with Crippen LogP contribution in [0.1, 0.15) is 28.9 Å². The Morgan fingerprint density at radius 1 is 1.15 bits per heavy atom. The molecule has 1 N–H and O–H groups in total. The van der Waals surface area contributed by atoms with E-state index in [0.717, 1.165) is 24.1 Å². The van der Waals surface area contributed by atoms with Gasteiger partial charge in [0.2, 0.25) is 0 Å². The normalized spacial score (nSPS) is 15.3. The number of carbonyl (C=O) groups excluding carboxylic acids is 1. The SMILES string of the molecule is Cc1cc(OC2CCN(C(=O)c3ccc4n[nH]nc4c3)CC2)cc(=O)n1C. The minimum atomic E-state index is -0.0825. The van der Waals surface area contributed by atoms with Gasteiger partial charge in [-0.15, -0.1) is 0 Å². The van der Waals surface area contributed by atoms with E-state index < -0.39 is 0 Å². The lowest BCUT2D eigenvalue weighted by molar-refractivity contribution is 0.0595. The zero-order valence-corrected chi connectivity index (χ0v) is 15.3. The van der Waals surface area contributed by atoms with E-state index >= 15 is 0 Å². The summed E-state index contributed by atoms with van der Waals surface area (Å²) in [5, 5.41) is 10.6. The second-order valence-corrected chi connectivity index (χ2v) is 6.87. The van der Waals surface area contributed by atoms with Crippen molar-refractivity contribution in [1.82, 2.24) is 24.9 Å². The molecular weight excluding hydrogens is 346 g/mol. The first kappa shape index (κ1) is 17.3. The quantitative estimate of drug-likeness (QED) is 0.760. The van der Waals surface area contributed by atoms with E-state index in [1.165, 1.54) is 6.07 Å². The first-order valence-electron chi connectivity index (χ1n) is 8.95. The van der Waals surface area contributed by atoms with E-state index in [1.54, 1.807) is 29.8 Å². The summed E-state index contributed by atoms with van der Waals surface area (Å²) in [4.78, 5) is 26.5. The monoisotopic (exact) mass is 367 g/mol. The van der Waals surface area contributed by atoms with Crippen molar-refractivity contribution in [2.75, 3.05) is 13.1 Å². The molecule has 3 heterocycles. The molecule has 1 aromatic carbocycles. The molecule has 1 aliphatic heterocycles. The van der Waals surface area contributed by atoms with Gasteiger partial charge >= 0.3 is 0 Å². The molecule has 1 saturated heterocycles. The molecule has 0 unspecified atom stereocenters. The number of fused-ring (bicyclic) bond motifs is 1. The summed E-state index contributed by atoms with van der Waals surface area (Å²) < 4.78 is 7.56. The van der Waals surface area contributed by atoms with Crippen LogP contribution >= 0.6 is 0 Å². The van der Waals surface area contributed by atoms with Gasteiger partial charge in [-0.1, -0.05) is 0 Å². The van der Waals surface area contributed by atoms with Crippen LogP contribution in [0.3, 0.4) is 0 Å². The summed E-state index contributed by atoms with van der Waals surface area (Å²) in [6.45, 7) is 3.11. The molecule has 0 radical (unpaired) electrons. The zero-order chi connectivity index (χ0) is 19.0. The molecule has 0 aliphatic carbocycles. The summed E-state index contributed by atoms with van der Waals surface area (Å²) in [5.74, 6) is 0.583. The molecule has 0 saturated carbocycles. The fourth-order valence-corrected chi connectivity index (χ4v) is 3.33. The first-order valence-corrected chi connectivity index (χ1v) is 8.95. The highest BCUT2D eigenvalue weighted by atomic mass is 16.5. The van der Waals surface area contributed by atoms with Gasteiger partial charge in [-0.25, -0.2) is 0 Å². The van der Waals surface area contributed by atoms with Crippen LogP contribution in [0.15, 0.2) is 35.1 Å². The van der Waals surface area contributed by atoms with E-state index in [1.807, 2.05) is 17.9 Å². The Morgan fingerprint density at radius 3 is 2.63 bits per heavy atom. The van der Waals surface area contributed by atoms with Crippen molar-refractivity contribution in [1.29, 1.82) is 0 Å². The second-order valence-electron chi connectivity index (χ2n) is 6.87. The predicted molar refractivity (Wildman–Crippen MR) is 99.9 cm³/mol. The van der Waals surface area contributed by atoms with Crippen LogP contribution in [0.25, 0.3) is 11.0 Å². The van der Waals surface area contributed by atoms with Crippen molar-refractivity contribution in [2.45, 2.75) is 25.9 Å². The van der Waals surface area contributed by atoms with Crippen molar-refractivity contribution in [3.8, 4) is 5.75 Å². The molecule has 8 nitrogen and oxygen atoms in total. The summed E-state index contributed by atoms with van der Waals surface area (Å²) in [6, 6.07) is 8.70. The number of aromatic nitrogens is 4. The first-order chi connectivity index (χ1) is 13.0. The number of aryl methyl sites for hydroxylation is 1. The second kappa shape index (κ2) is 6.86. The molecular formula is C19H21N5O3. The van der Waals surface area contributed by atoms with Gasteiger partial charge in [-0.3, -0.25) is 9.59 Å². The number of piperidine rings is 1. The molecule has 4 rings (SSSR count). The van der Waals surface area contributed by atoms with E-state index in [9.17, 15) is 9.59 Å². The van der Waals surface area contributed by atoms with Gasteiger partial charge in [-0.05, 0) is 31.2 Å². The minimum Gasteiger partial charge on any atom is -0.490 e. The maximum Gasteiger partial charge on any atom is 0.254 e. The van der Waals surface area contributed by atoms with Crippen molar-refractivity contribution in [2.24, 2.45) is 7.05 Å². The van der Waals surface area contributed by atoms with Gasteiger partial charge in [0.15, 0.2) is 0 Å². The number of hydrogen-bond acceptors (Lipinski definition) is 5. The molecule has 2 aromatic heterocycles. The molecule has 140 valence electrons. The number of ether oxygens (including phenoxy) is 1. The highest BCUT2D eigenvalue weighted by Gasteiger charge is 2.25. The summed E-state index contributed by atoms with van der Waals surface area (Å²) in [5.41, 5.74) is 2.80. The molecule has 0 bridgehead atoms. The molecule has 0 spiro atoms. The van der Waals surface area contributed by atoms with E-state index in [-0.39, 0.29) is 17.6 Å². The Bertz CT molecular complexity index is 1050. The summed E-state index contributed by atoms with van der Waals surface area (Å²) >= 11 is 0. The molecule has 1 aliphatic rings. The molecule has 0 atom stereocenters. The van der Waals surface area contributed by atoms with Crippen LogP contribution in [0.5, 0.6) is 5.75 Å². The molecule has 1 amide bonds. The number of nitrogens with zero attached hydrogens (tertiary/aromatic N) is 4. The van der Waals surface area contributed by atoms with Crippen molar-refractivity contribution < 1.29 is 9.53 Å². The fraction of sp³-hybridized carbons (Fsp3) is 0.368. The number of hydrogen-bond donors (Lipinski definition) is 1. The average Bonchev–Trinajstić information content (AvgIpc) is 3.14. The van der Waals surface area contributed by atoms with Crippen molar-refractivity contribution in [3.05, 3.63) is 51.9 Å². The number of benzene rings is 1. The summed E-state index contributed by atoms with van der Waals surface area (Å²) in [6.07, 6.45) is 1.46. The van der Waals surface area contributed by atoms with Gasteiger partial charge in [-0.2, -0.15) is 15.4 Å². The Morgan fingerprint density at radius 2 is 1.89 bits per heavy atom. The maximum atomic E-state index is 12.7. The number of pyridine rings is 1. The van der Waals surface area contributed by atoms with Crippen LogP contribution in [-0.2, 0) is 7.05 Å². The van der Waals surface area contributed by atoms with Crippen molar-refractivity contribution >= 4 is 16.9 Å². The topological polar surface area (TPSA) is 93.1 Å². The number of amides is 1. The van der Waals surface area contributed by atoms with E-state index in [2.05, 4.69) is 15.4 Å². The third kappa shape index (κ3) is 3.42. The Kier molecular flexibility index (Phi) is 4.39. The number of aromatic amines is 1. The predicted octanol–water partition coefficient (Wildman–Crippen LogP) is 1.65. The minimum absolute atomic E-state index is 0.00132. The van der Waals surface area contributed by atoms with Gasteiger partial charge in [0.05, 0.1) is 0 Å². The van der Waals surface area contributed by atoms with Crippen LogP contribution < -0.4 is 10.3 Å². The Hall–Kier alpha value is -3.16. The Labute approximate surface area is 155 Å². The lowest BCUT2D eigenvalue weighted by Crippen LogP contribution is -2.41. The largest absolute Gasteiger partial charge is 0.490 e. The van der Waals surface area contributed by atoms with Gasteiger partial charge < -0.3 is 14.2 Å². The number of rotatable bonds is 3. The van der Waals surface area contributed by atoms with E-state index in [4.69, 9.17) is 4.74 Å². The fourth-order valence-electron chi connectivity index (χ4n) is 3.33. The number of H-pyrrole nitrogens is 1. The molecule has 8 heteroatoms. The van der Waals surface area contributed by atoms with Gasteiger partial charge in [0.25, 0.3) is 11.5 Å². The van der Waals surface area contributed by atoms with E-state index in [0.29, 0.717) is 29.9 Å². The third-order valence-electron chi connectivity index (χ3n) is 5.07. The van der Waals surface area contributed by atoms with Crippen LogP contribution in [-0.4, -0.2) is 50.0 Å². The van der Waals surface area contributed by atoms with Crippen molar-refractivity contribution in [3.63, 3.8) is 0 Å². The lowest BCUT2D eigenvalue weighted by atomic mass is 10.1. The smallest absolute Gasteiger partial charge is 0.254 e. The highest BCUT2D eigenvalue weighted by Crippen LogP contribution is 2.21. The lowest BCUT2D eigenvalue weighted by Gasteiger charge is -2.32. The summed E-state index contributed by atoms with van der Waals surface area (Å²) in [7, 11) is 1.74. The molecule has 1 fully saturated rings. The highest BCUT2D eigenvalue weighted by molar-refractivity contribution is 5.97. The van der Waals surface area contributed by atoms with Crippen LogP contribution in [0.2, 0.25) is 0 Å². The molecule has 27 heavy (non-hydrogen) atoms. The molecule has 3 aromatic rings. The van der Waals surface area contributed by atoms with Gasteiger partial charge in [0, 0.05) is 50.3 Å². The maximum absolute atomic E-state index is 12.7. The third-order valence-corrected chi connectivity index (χ3v) is 5.07. The zero-order valence-electron chi connectivity index (χ0n) is 15.3.